The minimum atomic E-state index is -5.52. The summed E-state index contributed by atoms with van der Waals surface area (Å²) in [7, 11) is 0. The summed E-state index contributed by atoms with van der Waals surface area (Å²) in [6.07, 6.45) is -4.40. The normalized spacial score (nSPS) is 12.0. The third kappa shape index (κ3) is 4.61. The number of benzene rings is 1. The molecule has 0 saturated heterocycles. The fraction of sp³-hybridized carbons (Fsp3) is 0.280. The van der Waals surface area contributed by atoms with Gasteiger partial charge < -0.3 is 5.11 Å². The van der Waals surface area contributed by atoms with Crippen LogP contribution in [0.3, 0.4) is 0 Å². The topological polar surface area (TPSA) is 176 Å². The first-order valence-electron chi connectivity index (χ1n) is 12.1. The summed E-state index contributed by atoms with van der Waals surface area (Å²) in [4.78, 5) is 57.0. The molecule has 0 aliphatic heterocycles. The third-order valence-corrected chi connectivity index (χ3v) is 6.35. The lowest BCUT2D eigenvalue weighted by Crippen LogP contribution is -2.34. The van der Waals surface area contributed by atoms with E-state index in [2.05, 4.69) is 9.97 Å². The Balaban J connectivity index is 2.46. The van der Waals surface area contributed by atoms with Gasteiger partial charge in [0.2, 0.25) is 5.75 Å². The maximum Gasteiger partial charge on any atom is 0.431 e. The highest BCUT2D eigenvalue weighted by Gasteiger charge is 2.41. The predicted octanol–water partition coefficient (Wildman–Crippen LogP) is 4.86. The number of hydrogen-bond acceptors (Lipinski definition) is 9. The van der Waals surface area contributed by atoms with Gasteiger partial charge in [0, 0.05) is 6.07 Å². The summed E-state index contributed by atoms with van der Waals surface area (Å²) in [6, 6.07) is 2.16. The largest absolute Gasteiger partial charge is 0.501 e. The van der Waals surface area contributed by atoms with E-state index in [0.29, 0.717) is 16.7 Å². The van der Waals surface area contributed by atoms with Crippen LogP contribution in [0, 0.1) is 26.0 Å². The van der Waals surface area contributed by atoms with Crippen molar-refractivity contribution in [3.8, 4) is 17.1 Å². The minimum absolute atomic E-state index is 0.0554. The van der Waals surface area contributed by atoms with Crippen molar-refractivity contribution >= 4 is 22.3 Å². The second-order valence-electron chi connectivity index (χ2n) is 9.69. The highest BCUT2D eigenvalue weighted by molar-refractivity contribution is 5.90. The average molecular weight is 592 g/mol. The van der Waals surface area contributed by atoms with E-state index >= 15 is 4.39 Å². The molecule has 0 bridgehead atoms. The van der Waals surface area contributed by atoms with Gasteiger partial charge in [-0.15, -0.1) is 0 Å². The van der Waals surface area contributed by atoms with E-state index < -0.39 is 84.2 Å². The van der Waals surface area contributed by atoms with Crippen molar-refractivity contribution in [2.24, 2.45) is 0 Å². The lowest BCUT2D eigenvalue weighted by Gasteiger charge is -2.22. The smallest absolute Gasteiger partial charge is 0.431 e. The molecule has 4 aromatic rings. The number of nitro groups is 2. The number of alkyl halides is 3. The molecule has 0 spiro atoms. The van der Waals surface area contributed by atoms with Crippen molar-refractivity contribution in [3.05, 3.63) is 94.4 Å². The molecular formula is C25H20F4N6O7. The van der Waals surface area contributed by atoms with Gasteiger partial charge in [0.15, 0.2) is 11.5 Å². The molecular weight excluding hydrogens is 572 g/mol. The molecule has 0 radical (unpaired) electrons. The summed E-state index contributed by atoms with van der Waals surface area (Å²) in [5.41, 5.74) is -10.9. The second-order valence-corrected chi connectivity index (χ2v) is 9.69. The summed E-state index contributed by atoms with van der Waals surface area (Å²) in [5, 5.41) is 33.2. The van der Waals surface area contributed by atoms with Gasteiger partial charge in [-0.3, -0.25) is 39.0 Å². The van der Waals surface area contributed by atoms with Crippen molar-refractivity contribution < 1.29 is 32.5 Å². The van der Waals surface area contributed by atoms with E-state index in [0.717, 1.165) is 12.4 Å². The number of para-hydroxylation sites is 1. The van der Waals surface area contributed by atoms with Gasteiger partial charge in [-0.25, -0.2) is 14.4 Å². The van der Waals surface area contributed by atoms with Gasteiger partial charge >= 0.3 is 17.4 Å². The predicted molar refractivity (Wildman–Crippen MR) is 139 cm³/mol. The molecule has 4 rings (SSSR count). The fourth-order valence-electron chi connectivity index (χ4n) is 4.60. The maximum atomic E-state index is 15.1. The number of pyridine rings is 2. The molecule has 0 aliphatic rings. The molecule has 42 heavy (non-hydrogen) atoms. The molecule has 220 valence electrons. The third-order valence-electron chi connectivity index (χ3n) is 6.35. The number of aromatic hydroxyl groups is 1. The Labute approximate surface area is 231 Å². The standard InChI is InChI=1S/C25H20F4N6O7/c1-10(2)16-20(17(11(3)4)31-9-30-16)33-18-12(22(36)21(24(33)38)35(41)42)8-15(25(27,28)29)32(23(18)37)19-13(26)6-5-7-14(19)34(39)40/h5-11,36H,1-4H3. The number of fused-ring (bicyclic) bond motifs is 1. The van der Waals surface area contributed by atoms with E-state index in [-0.39, 0.29) is 27.7 Å². The molecule has 1 aromatic carbocycles. The minimum Gasteiger partial charge on any atom is -0.501 e. The van der Waals surface area contributed by atoms with Crippen LogP contribution in [0.15, 0.2) is 40.2 Å². The molecule has 0 aliphatic carbocycles. The zero-order valence-corrected chi connectivity index (χ0v) is 22.1. The highest BCUT2D eigenvalue weighted by atomic mass is 19.4. The molecule has 0 amide bonds. The van der Waals surface area contributed by atoms with Gasteiger partial charge in [0.1, 0.15) is 17.5 Å². The average Bonchev–Trinajstić information content (AvgIpc) is 2.88. The lowest BCUT2D eigenvalue weighted by atomic mass is 10.0. The van der Waals surface area contributed by atoms with Crippen molar-refractivity contribution in [2.75, 3.05) is 0 Å². The quantitative estimate of drug-likeness (QED) is 0.186. The van der Waals surface area contributed by atoms with Gasteiger partial charge in [0.05, 0.1) is 32.3 Å². The zero-order valence-electron chi connectivity index (χ0n) is 22.1. The fourth-order valence-corrected chi connectivity index (χ4v) is 4.60. The molecule has 0 fully saturated rings. The van der Waals surface area contributed by atoms with E-state index in [1.807, 2.05) is 0 Å². The molecule has 1 N–H and O–H groups in total. The van der Waals surface area contributed by atoms with Crippen LogP contribution >= 0.6 is 0 Å². The first-order valence-corrected chi connectivity index (χ1v) is 12.1. The molecule has 13 nitrogen and oxygen atoms in total. The van der Waals surface area contributed by atoms with Crippen LogP contribution in [-0.2, 0) is 6.18 Å². The molecule has 17 heteroatoms. The van der Waals surface area contributed by atoms with Crippen LogP contribution in [0.4, 0.5) is 28.9 Å². The summed E-state index contributed by atoms with van der Waals surface area (Å²) in [6.45, 7) is 6.45. The maximum absolute atomic E-state index is 15.1. The number of nitrogens with zero attached hydrogens (tertiary/aromatic N) is 6. The molecule has 3 heterocycles. The van der Waals surface area contributed by atoms with Crippen molar-refractivity contribution in [2.45, 2.75) is 45.7 Å². The highest BCUT2D eigenvalue weighted by Crippen LogP contribution is 2.40. The molecule has 0 atom stereocenters. The first-order chi connectivity index (χ1) is 19.5. The number of hydrogen-bond donors (Lipinski definition) is 1. The van der Waals surface area contributed by atoms with Gasteiger partial charge in [0.25, 0.3) is 11.2 Å². The van der Waals surface area contributed by atoms with Crippen LogP contribution in [0.1, 0.15) is 56.6 Å². The number of aromatic nitrogens is 4. The summed E-state index contributed by atoms with van der Waals surface area (Å²) < 4.78 is 58.3. The Morgan fingerprint density at radius 3 is 1.95 bits per heavy atom. The van der Waals surface area contributed by atoms with Crippen LogP contribution < -0.4 is 11.1 Å². The lowest BCUT2D eigenvalue weighted by molar-refractivity contribution is -0.387. The van der Waals surface area contributed by atoms with E-state index in [4.69, 9.17) is 0 Å². The number of rotatable bonds is 6. The van der Waals surface area contributed by atoms with Crippen molar-refractivity contribution in [1.82, 2.24) is 19.1 Å². The van der Waals surface area contributed by atoms with Gasteiger partial charge in [-0.1, -0.05) is 33.8 Å². The van der Waals surface area contributed by atoms with E-state index in [1.165, 1.54) is 0 Å². The SMILES string of the molecule is CC(C)c1ncnc(C(C)C)c1-n1c(=O)c([N+](=O)[O-])c(O)c2cc(C(F)(F)F)n(-c3c(F)cccc3[N+](=O)[O-])c(=O)c21. The summed E-state index contributed by atoms with van der Waals surface area (Å²) >= 11 is 0. The number of nitro benzene ring substituents is 1. The Bertz CT molecular complexity index is 1890. The van der Waals surface area contributed by atoms with Crippen molar-refractivity contribution in [3.63, 3.8) is 0 Å². The van der Waals surface area contributed by atoms with Crippen molar-refractivity contribution in [1.29, 1.82) is 0 Å². The Morgan fingerprint density at radius 2 is 1.48 bits per heavy atom. The Hall–Kier alpha value is -5.22. The monoisotopic (exact) mass is 592 g/mol. The van der Waals surface area contributed by atoms with Gasteiger partial charge in [-0.2, -0.15) is 13.2 Å². The molecule has 0 saturated carbocycles. The van der Waals surface area contributed by atoms with Crippen LogP contribution in [0.5, 0.6) is 5.75 Å². The summed E-state index contributed by atoms with van der Waals surface area (Å²) in [5.74, 6) is -4.24. The molecule has 0 unspecified atom stereocenters. The van der Waals surface area contributed by atoms with E-state index in [9.17, 15) is 48.1 Å². The second kappa shape index (κ2) is 10.3. The Morgan fingerprint density at radius 1 is 0.905 bits per heavy atom. The number of halogens is 4. The van der Waals surface area contributed by atoms with Crippen LogP contribution in [0.2, 0.25) is 0 Å². The molecule has 3 aromatic heterocycles. The van der Waals surface area contributed by atoms with Crippen LogP contribution in [0.25, 0.3) is 22.3 Å². The zero-order chi connectivity index (χ0) is 31.4. The Kier molecular flexibility index (Phi) is 7.31. The van der Waals surface area contributed by atoms with Crippen LogP contribution in [-0.4, -0.2) is 34.1 Å². The van der Waals surface area contributed by atoms with Gasteiger partial charge in [-0.05, 0) is 24.0 Å². The first kappa shape index (κ1) is 29.8. The van der Waals surface area contributed by atoms with E-state index in [1.54, 1.807) is 27.7 Å².